The molecule has 5 nitrogen and oxygen atoms in total. The van der Waals surface area contributed by atoms with E-state index in [1.165, 1.54) is 6.07 Å². The van der Waals surface area contributed by atoms with Crippen LogP contribution in [0.25, 0.3) is 0 Å². The number of hydrogen-bond acceptors (Lipinski definition) is 5. The molecule has 0 atom stereocenters. The molecule has 0 amide bonds. The third-order valence-electron chi connectivity index (χ3n) is 4.52. The highest BCUT2D eigenvalue weighted by atomic mass is 19.4. The molecular weight excluding hydrogens is 359 g/mol. The van der Waals surface area contributed by atoms with Gasteiger partial charge in [0.15, 0.2) is 0 Å². The number of β-amino-alcohol motifs (C(OH)–C–C–N with tert-alkyl or cyclic N) is 2. The van der Waals surface area contributed by atoms with Gasteiger partial charge in [0.05, 0.1) is 30.2 Å². The van der Waals surface area contributed by atoms with Gasteiger partial charge in [0, 0.05) is 37.6 Å². The second-order valence-corrected chi connectivity index (χ2v) is 6.33. The van der Waals surface area contributed by atoms with Crippen molar-refractivity contribution in [2.75, 3.05) is 54.5 Å². The predicted molar refractivity (Wildman–Crippen MR) is 99.8 cm³/mol. The summed E-state index contributed by atoms with van der Waals surface area (Å²) in [6.45, 7) is 2.43. The Bertz CT molecular complexity index is 783. The lowest BCUT2D eigenvalue weighted by Crippen LogP contribution is -2.43. The zero-order valence-electron chi connectivity index (χ0n) is 14.7. The molecule has 0 spiro atoms. The lowest BCUT2D eigenvalue weighted by Gasteiger charge is -2.38. The number of hydrogen-bond donors (Lipinski definition) is 3. The number of anilines is 4. The van der Waals surface area contributed by atoms with E-state index in [4.69, 9.17) is 0 Å². The van der Waals surface area contributed by atoms with E-state index in [-0.39, 0.29) is 13.2 Å². The summed E-state index contributed by atoms with van der Waals surface area (Å²) in [5, 5.41) is 21.6. The largest absolute Gasteiger partial charge is 0.416 e. The molecule has 8 heteroatoms. The third kappa shape index (κ3) is 4.45. The summed E-state index contributed by atoms with van der Waals surface area (Å²) in [5.41, 5.74) is 2.10. The summed E-state index contributed by atoms with van der Waals surface area (Å²) in [4.78, 5) is 4.08. The molecule has 0 saturated carbocycles. The highest BCUT2D eigenvalue weighted by Gasteiger charge is 2.30. The second-order valence-electron chi connectivity index (χ2n) is 6.33. The van der Waals surface area contributed by atoms with Gasteiger partial charge in [-0.15, -0.1) is 0 Å². The van der Waals surface area contributed by atoms with Crippen LogP contribution in [-0.4, -0.2) is 49.6 Å². The summed E-state index contributed by atoms with van der Waals surface area (Å²) in [5.74, 6) is 0. The molecule has 3 N–H and O–H groups in total. The van der Waals surface area contributed by atoms with E-state index >= 15 is 0 Å². The van der Waals surface area contributed by atoms with Crippen molar-refractivity contribution in [3.8, 4) is 0 Å². The van der Waals surface area contributed by atoms with Gasteiger partial charge < -0.3 is 25.3 Å². The molecular formula is C19H22F3N3O2. The first-order chi connectivity index (χ1) is 12.9. The van der Waals surface area contributed by atoms with Crippen LogP contribution >= 0.6 is 0 Å². The van der Waals surface area contributed by atoms with Crippen molar-refractivity contribution in [3.63, 3.8) is 0 Å². The van der Waals surface area contributed by atoms with Crippen LogP contribution in [0.5, 0.6) is 0 Å². The third-order valence-corrected chi connectivity index (χ3v) is 4.52. The predicted octanol–water partition coefficient (Wildman–Crippen LogP) is 3.06. The average Bonchev–Trinajstić information content (AvgIpc) is 2.63. The van der Waals surface area contributed by atoms with Crippen LogP contribution in [0.2, 0.25) is 0 Å². The fraction of sp³-hybridized carbons (Fsp3) is 0.368. The fourth-order valence-corrected chi connectivity index (χ4v) is 3.25. The van der Waals surface area contributed by atoms with Crippen molar-refractivity contribution in [2.24, 2.45) is 0 Å². The maximum atomic E-state index is 12.9. The van der Waals surface area contributed by atoms with Crippen molar-refractivity contribution < 1.29 is 23.4 Å². The Balaban J connectivity index is 1.89. The van der Waals surface area contributed by atoms with E-state index < -0.39 is 11.7 Å². The summed E-state index contributed by atoms with van der Waals surface area (Å²) < 4.78 is 38.7. The SMILES string of the molecule is OCCN1CCN(CCO)c2cc(Nc3cccc(C(F)(F)F)c3)ccc21. The molecule has 2 aromatic carbocycles. The number of alkyl halides is 3. The van der Waals surface area contributed by atoms with Crippen LogP contribution in [0, 0.1) is 0 Å². The number of halogens is 3. The Morgan fingerprint density at radius 1 is 0.852 bits per heavy atom. The molecule has 1 aliphatic rings. The number of nitrogens with zero attached hydrogens (tertiary/aromatic N) is 2. The van der Waals surface area contributed by atoms with Gasteiger partial charge in [-0.3, -0.25) is 0 Å². The average molecular weight is 381 g/mol. The highest BCUT2D eigenvalue weighted by molar-refractivity contribution is 5.79. The number of fused-ring (bicyclic) bond motifs is 1. The molecule has 0 aromatic heterocycles. The standard InChI is InChI=1S/C19H22F3N3O2/c20-19(21,22)14-2-1-3-15(12-14)23-16-4-5-17-18(13-16)25(9-11-27)7-6-24(17)8-10-26/h1-5,12-13,23,26-27H,6-11H2. The summed E-state index contributed by atoms with van der Waals surface area (Å²) >= 11 is 0. The first-order valence-corrected chi connectivity index (χ1v) is 8.72. The van der Waals surface area contributed by atoms with E-state index in [9.17, 15) is 23.4 Å². The van der Waals surface area contributed by atoms with Gasteiger partial charge in [0.1, 0.15) is 0 Å². The van der Waals surface area contributed by atoms with Crippen LogP contribution in [0.1, 0.15) is 5.56 Å². The Morgan fingerprint density at radius 2 is 1.48 bits per heavy atom. The molecule has 27 heavy (non-hydrogen) atoms. The molecule has 1 heterocycles. The molecule has 2 aromatic rings. The molecule has 146 valence electrons. The Labute approximate surface area is 155 Å². The number of aliphatic hydroxyl groups is 2. The molecule has 0 unspecified atom stereocenters. The number of benzene rings is 2. The minimum atomic E-state index is -4.39. The lowest BCUT2D eigenvalue weighted by molar-refractivity contribution is -0.137. The van der Waals surface area contributed by atoms with Gasteiger partial charge in [-0.05, 0) is 36.4 Å². The minimum Gasteiger partial charge on any atom is -0.395 e. The van der Waals surface area contributed by atoms with Crippen LogP contribution < -0.4 is 15.1 Å². The number of nitrogens with one attached hydrogen (secondary N) is 1. The van der Waals surface area contributed by atoms with Gasteiger partial charge in [0.25, 0.3) is 0 Å². The smallest absolute Gasteiger partial charge is 0.395 e. The van der Waals surface area contributed by atoms with Gasteiger partial charge in [0.2, 0.25) is 0 Å². The van der Waals surface area contributed by atoms with E-state index in [2.05, 4.69) is 10.2 Å². The summed E-state index contributed by atoms with van der Waals surface area (Å²) in [7, 11) is 0. The molecule has 3 rings (SSSR count). The minimum absolute atomic E-state index is 0.00469. The fourth-order valence-electron chi connectivity index (χ4n) is 3.25. The van der Waals surface area contributed by atoms with Gasteiger partial charge >= 0.3 is 6.18 Å². The van der Waals surface area contributed by atoms with Crippen molar-refractivity contribution in [3.05, 3.63) is 48.0 Å². The van der Waals surface area contributed by atoms with E-state index in [0.717, 1.165) is 30.1 Å². The zero-order chi connectivity index (χ0) is 19.4. The van der Waals surface area contributed by atoms with Crippen LogP contribution in [-0.2, 0) is 6.18 Å². The second kappa shape index (κ2) is 8.06. The maximum Gasteiger partial charge on any atom is 0.416 e. The molecule has 0 saturated heterocycles. The van der Waals surface area contributed by atoms with Crippen LogP contribution in [0.4, 0.5) is 35.9 Å². The Hall–Kier alpha value is -2.45. The van der Waals surface area contributed by atoms with Crippen molar-refractivity contribution in [2.45, 2.75) is 6.18 Å². The van der Waals surface area contributed by atoms with Crippen molar-refractivity contribution >= 4 is 22.7 Å². The van der Waals surface area contributed by atoms with Crippen LogP contribution in [0.3, 0.4) is 0 Å². The number of aliphatic hydroxyl groups excluding tert-OH is 2. The Kier molecular flexibility index (Phi) is 5.76. The quantitative estimate of drug-likeness (QED) is 0.718. The monoisotopic (exact) mass is 381 g/mol. The lowest BCUT2D eigenvalue weighted by atomic mass is 10.1. The van der Waals surface area contributed by atoms with Crippen LogP contribution in [0.15, 0.2) is 42.5 Å². The maximum absolute atomic E-state index is 12.9. The zero-order valence-corrected chi connectivity index (χ0v) is 14.7. The van der Waals surface area contributed by atoms with Crippen molar-refractivity contribution in [1.82, 2.24) is 0 Å². The molecule has 0 bridgehead atoms. The van der Waals surface area contributed by atoms with Crippen molar-refractivity contribution in [1.29, 1.82) is 0 Å². The van der Waals surface area contributed by atoms with E-state index in [1.807, 2.05) is 17.0 Å². The summed E-state index contributed by atoms with van der Waals surface area (Å²) in [6, 6.07) is 10.6. The Morgan fingerprint density at radius 3 is 2.11 bits per heavy atom. The normalized spacial score (nSPS) is 14.3. The van der Waals surface area contributed by atoms with Gasteiger partial charge in [-0.2, -0.15) is 13.2 Å². The molecule has 0 fully saturated rings. The molecule has 0 aliphatic carbocycles. The molecule has 1 aliphatic heterocycles. The number of rotatable bonds is 6. The topological polar surface area (TPSA) is 59.0 Å². The first kappa shape index (κ1) is 19.3. The van der Waals surface area contributed by atoms with E-state index in [1.54, 1.807) is 12.1 Å². The van der Waals surface area contributed by atoms with Gasteiger partial charge in [-0.25, -0.2) is 0 Å². The molecule has 0 radical (unpaired) electrons. The summed E-state index contributed by atoms with van der Waals surface area (Å²) in [6.07, 6.45) is -4.39. The first-order valence-electron chi connectivity index (χ1n) is 8.72. The van der Waals surface area contributed by atoms with E-state index in [0.29, 0.717) is 31.0 Å². The van der Waals surface area contributed by atoms with Gasteiger partial charge in [-0.1, -0.05) is 6.07 Å². The highest BCUT2D eigenvalue weighted by Crippen LogP contribution is 2.37.